The van der Waals surface area contributed by atoms with Gasteiger partial charge in [-0.05, 0) is 74.8 Å². The maximum Gasteiger partial charge on any atom is 0.329 e. The van der Waals surface area contributed by atoms with E-state index in [-0.39, 0.29) is 24.3 Å². The Balaban J connectivity index is 1.17. The van der Waals surface area contributed by atoms with Crippen LogP contribution in [0.15, 0.2) is 35.9 Å². The fourth-order valence-electron chi connectivity index (χ4n) is 7.19. The van der Waals surface area contributed by atoms with Crippen LogP contribution in [-0.4, -0.2) is 72.5 Å². The van der Waals surface area contributed by atoms with Gasteiger partial charge >= 0.3 is 6.03 Å². The molecular formula is C27H34N4O4. The summed E-state index contributed by atoms with van der Waals surface area (Å²) in [5.41, 5.74) is 1.90. The molecule has 0 radical (unpaired) electrons. The number of likely N-dealkylation sites (tertiary alicyclic amines) is 1. The number of hydrogen-bond acceptors (Lipinski definition) is 5. The first kappa shape index (κ1) is 22.6. The van der Waals surface area contributed by atoms with E-state index >= 15 is 0 Å². The minimum Gasteiger partial charge on any atom is -0.497 e. The molecule has 4 saturated heterocycles. The van der Waals surface area contributed by atoms with Crippen LogP contribution in [-0.2, 0) is 9.59 Å². The minimum atomic E-state index is -0.833. The Kier molecular flexibility index (Phi) is 5.79. The van der Waals surface area contributed by atoms with Crippen molar-refractivity contribution in [3.63, 3.8) is 0 Å². The van der Waals surface area contributed by atoms with Gasteiger partial charge in [-0.1, -0.05) is 18.1 Å². The van der Waals surface area contributed by atoms with Crippen LogP contribution in [0.4, 0.5) is 10.5 Å². The van der Waals surface area contributed by atoms with Gasteiger partial charge in [-0.25, -0.2) is 9.69 Å². The molecule has 35 heavy (non-hydrogen) atoms. The van der Waals surface area contributed by atoms with E-state index < -0.39 is 12.1 Å². The van der Waals surface area contributed by atoms with Gasteiger partial charge in [0, 0.05) is 19.1 Å². The molecule has 1 aromatic carbocycles. The molecular weight excluding hydrogens is 444 g/mol. The standard InChI is InChI=1S/C27H34N4O4/c1-35-21-9-7-20(8-10-21)31-26(33)22(28-27(31)34)15-24(32)30-12-4-5-17-13-18-14-19(25(17)30)16-29-11-3-2-6-23(18)29/h7-10,13,18-19,22-23,25H,2-6,11-12,14-16H2,1H3,(H,28,34)/t18-,19-,22-,23-,25-/m0/s1. The summed E-state index contributed by atoms with van der Waals surface area (Å²) < 4.78 is 5.17. The largest absolute Gasteiger partial charge is 0.497 e. The van der Waals surface area contributed by atoms with Crippen molar-refractivity contribution in [3.05, 3.63) is 35.9 Å². The highest BCUT2D eigenvalue weighted by Crippen LogP contribution is 2.45. The number of benzene rings is 1. The Labute approximate surface area is 206 Å². The number of methoxy groups -OCH3 is 1. The highest BCUT2D eigenvalue weighted by Gasteiger charge is 2.48. The average molecular weight is 479 g/mol. The van der Waals surface area contributed by atoms with Crippen molar-refractivity contribution >= 4 is 23.5 Å². The van der Waals surface area contributed by atoms with Crippen molar-refractivity contribution < 1.29 is 19.1 Å². The number of ether oxygens (including phenoxy) is 1. The molecule has 5 aliphatic rings. The fraction of sp³-hybridized carbons (Fsp3) is 0.593. The summed E-state index contributed by atoms with van der Waals surface area (Å²) in [5.74, 6) is 1.32. The minimum absolute atomic E-state index is 0.00347. The number of fused-ring (bicyclic) bond motifs is 6. The average Bonchev–Trinajstić information content (AvgIpc) is 3.16. The molecule has 4 aliphatic heterocycles. The molecule has 8 nitrogen and oxygen atoms in total. The van der Waals surface area contributed by atoms with E-state index in [1.165, 1.54) is 31.4 Å². The van der Waals surface area contributed by atoms with Crippen LogP contribution in [0.5, 0.6) is 5.75 Å². The number of carbonyl (C=O) groups excluding carboxylic acids is 3. The normalized spacial score (nSPS) is 32.5. The van der Waals surface area contributed by atoms with E-state index in [0.717, 1.165) is 37.3 Å². The molecule has 4 fully saturated rings. The SMILES string of the molecule is COc1ccc(N2C(=O)N[C@@H](CC(=O)N3CCCC4=C[C@H]5C[C@@H](CN6CCCC[C@@H]56)[C@H]43)C2=O)cc1. The number of hydrogen-bond donors (Lipinski definition) is 1. The maximum atomic E-state index is 13.6. The number of anilines is 1. The first-order valence-electron chi connectivity index (χ1n) is 13.1. The van der Waals surface area contributed by atoms with Gasteiger partial charge < -0.3 is 15.0 Å². The van der Waals surface area contributed by atoms with Gasteiger partial charge in [-0.15, -0.1) is 0 Å². The third kappa shape index (κ3) is 3.92. The van der Waals surface area contributed by atoms with Crippen LogP contribution in [0.1, 0.15) is 44.9 Å². The highest BCUT2D eigenvalue weighted by molar-refractivity contribution is 6.22. The van der Waals surface area contributed by atoms with Crippen LogP contribution in [0.25, 0.3) is 0 Å². The van der Waals surface area contributed by atoms with E-state index in [1.807, 2.05) is 4.90 Å². The summed E-state index contributed by atoms with van der Waals surface area (Å²) in [6.07, 6.45) is 9.58. The summed E-state index contributed by atoms with van der Waals surface area (Å²) in [6, 6.07) is 6.28. The van der Waals surface area contributed by atoms with Crippen molar-refractivity contribution in [1.29, 1.82) is 0 Å². The number of rotatable bonds is 4. The van der Waals surface area contributed by atoms with E-state index in [4.69, 9.17) is 4.74 Å². The Hall–Kier alpha value is -2.87. The first-order chi connectivity index (χ1) is 17.0. The third-order valence-corrected chi connectivity index (χ3v) is 8.71. The summed E-state index contributed by atoms with van der Waals surface area (Å²) in [4.78, 5) is 45.2. The molecule has 1 aliphatic carbocycles. The van der Waals surface area contributed by atoms with Crippen molar-refractivity contribution in [2.24, 2.45) is 11.8 Å². The molecule has 6 rings (SSSR count). The lowest BCUT2D eigenvalue weighted by molar-refractivity contribution is -0.138. The second kappa shape index (κ2) is 8.97. The van der Waals surface area contributed by atoms with E-state index in [1.54, 1.807) is 31.4 Å². The molecule has 0 spiro atoms. The monoisotopic (exact) mass is 478 g/mol. The van der Waals surface area contributed by atoms with E-state index in [2.05, 4.69) is 16.3 Å². The second-order valence-corrected chi connectivity index (χ2v) is 10.7. The lowest BCUT2D eigenvalue weighted by Gasteiger charge is -2.54. The topological polar surface area (TPSA) is 82.2 Å². The number of imide groups is 1. The van der Waals surface area contributed by atoms with Crippen LogP contribution < -0.4 is 15.0 Å². The summed E-state index contributed by atoms with van der Waals surface area (Å²) in [7, 11) is 1.57. The molecule has 0 saturated carbocycles. The molecule has 4 amide bonds. The number of urea groups is 1. The van der Waals surface area contributed by atoms with Crippen molar-refractivity contribution in [2.75, 3.05) is 31.6 Å². The van der Waals surface area contributed by atoms with Gasteiger partial charge in [-0.3, -0.25) is 14.5 Å². The third-order valence-electron chi connectivity index (χ3n) is 8.71. The van der Waals surface area contributed by atoms with Crippen LogP contribution >= 0.6 is 0 Å². The predicted molar refractivity (Wildman–Crippen MR) is 131 cm³/mol. The number of nitrogens with zero attached hydrogens (tertiary/aromatic N) is 3. The molecule has 8 heteroatoms. The Morgan fingerprint density at radius 1 is 1.11 bits per heavy atom. The zero-order chi connectivity index (χ0) is 24.1. The molecule has 0 unspecified atom stereocenters. The molecule has 0 aromatic heterocycles. The van der Waals surface area contributed by atoms with E-state index in [0.29, 0.717) is 29.3 Å². The van der Waals surface area contributed by atoms with Gasteiger partial charge in [-0.2, -0.15) is 0 Å². The molecule has 5 atom stereocenters. The van der Waals surface area contributed by atoms with Crippen LogP contribution in [0.2, 0.25) is 0 Å². The Morgan fingerprint density at radius 2 is 1.94 bits per heavy atom. The maximum absolute atomic E-state index is 13.6. The smallest absolute Gasteiger partial charge is 0.329 e. The number of piperidine rings is 3. The van der Waals surface area contributed by atoms with Gasteiger partial charge in [0.05, 0.1) is 25.3 Å². The van der Waals surface area contributed by atoms with Gasteiger partial charge in [0.15, 0.2) is 0 Å². The lowest BCUT2D eigenvalue weighted by Crippen LogP contribution is -2.60. The summed E-state index contributed by atoms with van der Waals surface area (Å²) >= 11 is 0. The van der Waals surface area contributed by atoms with Crippen molar-refractivity contribution in [1.82, 2.24) is 15.1 Å². The zero-order valence-electron chi connectivity index (χ0n) is 20.3. The zero-order valence-corrected chi connectivity index (χ0v) is 20.3. The molecule has 4 heterocycles. The number of amides is 4. The van der Waals surface area contributed by atoms with Gasteiger partial charge in [0.25, 0.3) is 5.91 Å². The molecule has 2 bridgehead atoms. The quantitative estimate of drug-likeness (QED) is 0.532. The number of carbonyl (C=O) groups is 3. The highest BCUT2D eigenvalue weighted by atomic mass is 16.5. The lowest BCUT2D eigenvalue weighted by atomic mass is 9.68. The second-order valence-electron chi connectivity index (χ2n) is 10.7. The van der Waals surface area contributed by atoms with E-state index in [9.17, 15) is 14.4 Å². The fourth-order valence-corrected chi connectivity index (χ4v) is 7.19. The first-order valence-corrected chi connectivity index (χ1v) is 13.1. The predicted octanol–water partition coefficient (Wildman–Crippen LogP) is 2.93. The summed E-state index contributed by atoms with van der Waals surface area (Å²) in [6.45, 7) is 2.96. The van der Waals surface area contributed by atoms with Crippen LogP contribution in [0, 0.1) is 11.8 Å². The molecule has 1 aromatic rings. The van der Waals surface area contributed by atoms with Crippen LogP contribution in [0.3, 0.4) is 0 Å². The Morgan fingerprint density at radius 3 is 2.74 bits per heavy atom. The molecule has 186 valence electrons. The van der Waals surface area contributed by atoms with Crippen molar-refractivity contribution in [2.45, 2.75) is 63.1 Å². The van der Waals surface area contributed by atoms with Crippen molar-refractivity contribution in [3.8, 4) is 5.75 Å². The van der Waals surface area contributed by atoms with Gasteiger partial charge in [0.2, 0.25) is 5.91 Å². The Bertz CT molecular complexity index is 1050. The number of nitrogens with one attached hydrogen (secondary N) is 1. The van der Waals surface area contributed by atoms with Gasteiger partial charge in [0.1, 0.15) is 11.8 Å². The summed E-state index contributed by atoms with van der Waals surface area (Å²) in [5, 5.41) is 2.74. The molecule has 1 N–H and O–H groups in total.